The summed E-state index contributed by atoms with van der Waals surface area (Å²) in [5.74, 6) is 1.30. The summed E-state index contributed by atoms with van der Waals surface area (Å²) in [6.45, 7) is 9.24. The van der Waals surface area contributed by atoms with Crippen LogP contribution in [0.5, 0.6) is 0 Å². The first kappa shape index (κ1) is 29.8. The summed E-state index contributed by atoms with van der Waals surface area (Å²) >= 11 is 0. The smallest absolute Gasteiger partial charge is 0.410 e. The molecule has 0 N–H and O–H groups in total. The summed E-state index contributed by atoms with van der Waals surface area (Å²) in [4.78, 5) is 22.8. The number of fused-ring (bicyclic) bond motifs is 2. The number of likely N-dealkylation sites (tertiary alicyclic amines) is 2. The van der Waals surface area contributed by atoms with Gasteiger partial charge in [-0.1, -0.05) is 55.8 Å². The molecule has 8 nitrogen and oxygen atoms in total. The van der Waals surface area contributed by atoms with Crippen molar-refractivity contribution in [2.75, 3.05) is 39.4 Å². The van der Waals surface area contributed by atoms with E-state index in [4.69, 9.17) is 19.2 Å². The van der Waals surface area contributed by atoms with Crippen molar-refractivity contribution in [3.63, 3.8) is 0 Å². The lowest BCUT2D eigenvalue weighted by atomic mass is 9.70. The van der Waals surface area contributed by atoms with Crippen molar-refractivity contribution in [2.24, 2.45) is 5.92 Å². The van der Waals surface area contributed by atoms with Crippen LogP contribution >= 0.6 is 0 Å². The van der Waals surface area contributed by atoms with Crippen LogP contribution in [0.15, 0.2) is 54.6 Å². The second-order valence-corrected chi connectivity index (χ2v) is 13.5. The fourth-order valence-corrected chi connectivity index (χ4v) is 8.57. The molecule has 5 heterocycles. The maximum absolute atomic E-state index is 13.2. The number of hydrogen-bond acceptors (Lipinski definition) is 6. The number of piperidine rings is 2. The zero-order valence-corrected chi connectivity index (χ0v) is 26.4. The van der Waals surface area contributed by atoms with Crippen molar-refractivity contribution in [3.8, 4) is 0 Å². The fourth-order valence-electron chi connectivity index (χ4n) is 8.57. The van der Waals surface area contributed by atoms with E-state index in [0.717, 1.165) is 69.6 Å². The van der Waals surface area contributed by atoms with Gasteiger partial charge < -0.3 is 28.6 Å². The molecule has 0 unspecified atom stereocenters. The van der Waals surface area contributed by atoms with E-state index in [9.17, 15) is 4.79 Å². The van der Waals surface area contributed by atoms with Gasteiger partial charge >= 0.3 is 6.09 Å². The molecule has 7 rings (SSSR count). The standard InChI is InChI=1S/C36H48N4O4/c1-3-9-28-24-29(40-26(2)37-31-12-7-8-13-32(31)40)14-19-38(28)20-16-36(27-10-5-4-6-11-27)17-21-39(22-18-36)35(41)44-33-25-43-34-30(33)15-23-42-34/h4-8,10-13,28-30,33-34H,3,9,14-25H2,1-2H3/t28-,29-,30+,33+,34-/m1/s1. The Bertz CT molecular complexity index is 1420. The number of ether oxygens (including phenoxy) is 3. The van der Waals surface area contributed by atoms with Crippen LogP contribution in [0, 0.1) is 12.8 Å². The molecule has 5 atom stereocenters. The summed E-state index contributed by atoms with van der Waals surface area (Å²) < 4.78 is 19.8. The highest BCUT2D eigenvalue weighted by Gasteiger charge is 2.45. The molecule has 0 saturated carbocycles. The van der Waals surface area contributed by atoms with Gasteiger partial charge in [-0.25, -0.2) is 9.78 Å². The Balaban J connectivity index is 1.02. The molecule has 3 aromatic rings. The van der Waals surface area contributed by atoms with Gasteiger partial charge in [-0.15, -0.1) is 0 Å². The van der Waals surface area contributed by atoms with Crippen LogP contribution < -0.4 is 0 Å². The second-order valence-electron chi connectivity index (χ2n) is 13.5. The molecule has 236 valence electrons. The van der Waals surface area contributed by atoms with Gasteiger partial charge in [0, 0.05) is 31.7 Å². The number of imidazole rings is 1. The number of hydrogen-bond donors (Lipinski definition) is 0. The number of carbonyl (C=O) groups excluding carboxylic acids is 1. The van der Waals surface area contributed by atoms with Crippen molar-refractivity contribution in [1.29, 1.82) is 0 Å². The third-order valence-electron chi connectivity index (χ3n) is 11.0. The van der Waals surface area contributed by atoms with Crippen LogP contribution in [-0.2, 0) is 19.6 Å². The predicted octanol–water partition coefficient (Wildman–Crippen LogP) is 6.47. The lowest BCUT2D eigenvalue weighted by molar-refractivity contribution is -0.0907. The first-order chi connectivity index (χ1) is 21.5. The topological polar surface area (TPSA) is 69.1 Å². The van der Waals surface area contributed by atoms with E-state index in [1.165, 1.54) is 30.3 Å². The largest absolute Gasteiger partial charge is 0.443 e. The maximum atomic E-state index is 13.2. The highest BCUT2D eigenvalue weighted by Crippen LogP contribution is 2.41. The van der Waals surface area contributed by atoms with Crippen LogP contribution in [0.1, 0.15) is 75.7 Å². The average molecular weight is 601 g/mol. The summed E-state index contributed by atoms with van der Waals surface area (Å²) in [5.41, 5.74) is 3.84. The molecule has 1 aromatic heterocycles. The Kier molecular flexibility index (Phi) is 8.67. The molecule has 1 amide bonds. The number of amides is 1. The Morgan fingerprint density at radius 1 is 1.02 bits per heavy atom. The Labute approximate surface area is 261 Å². The third-order valence-corrected chi connectivity index (χ3v) is 11.0. The molecule has 44 heavy (non-hydrogen) atoms. The molecule has 0 aliphatic carbocycles. The van der Waals surface area contributed by atoms with Crippen LogP contribution in [0.3, 0.4) is 0 Å². The zero-order valence-electron chi connectivity index (χ0n) is 26.4. The minimum Gasteiger partial charge on any atom is -0.443 e. The summed E-state index contributed by atoms with van der Waals surface area (Å²) in [6.07, 6.45) is 8.06. The third kappa shape index (κ3) is 5.77. The lowest BCUT2D eigenvalue weighted by Gasteiger charge is -2.45. The predicted molar refractivity (Wildman–Crippen MR) is 171 cm³/mol. The van der Waals surface area contributed by atoms with Gasteiger partial charge in [0.15, 0.2) is 6.29 Å². The molecule has 0 radical (unpaired) electrons. The van der Waals surface area contributed by atoms with Crippen LogP contribution in [0.4, 0.5) is 4.79 Å². The average Bonchev–Trinajstić information content (AvgIpc) is 3.76. The Morgan fingerprint density at radius 2 is 1.82 bits per heavy atom. The normalized spacial score (nSPS) is 28.8. The minimum atomic E-state index is -0.204. The van der Waals surface area contributed by atoms with E-state index in [1.54, 1.807) is 0 Å². The maximum Gasteiger partial charge on any atom is 0.410 e. The number of rotatable bonds is 8. The van der Waals surface area contributed by atoms with Gasteiger partial charge in [-0.2, -0.15) is 0 Å². The van der Waals surface area contributed by atoms with Crippen molar-refractivity contribution in [2.45, 2.75) is 95.1 Å². The van der Waals surface area contributed by atoms with Crippen molar-refractivity contribution >= 4 is 17.1 Å². The number of nitrogens with zero attached hydrogens (tertiary/aromatic N) is 4. The Morgan fingerprint density at radius 3 is 2.64 bits per heavy atom. The molecule has 4 saturated heterocycles. The lowest BCUT2D eigenvalue weighted by Crippen LogP contribution is -2.49. The fraction of sp³-hybridized carbons (Fsp3) is 0.611. The molecule has 4 aliphatic heterocycles. The summed E-state index contributed by atoms with van der Waals surface area (Å²) in [7, 11) is 0. The van der Waals surface area contributed by atoms with Gasteiger partial charge in [0.2, 0.25) is 0 Å². The number of aromatic nitrogens is 2. The molecule has 8 heteroatoms. The van der Waals surface area contributed by atoms with E-state index in [0.29, 0.717) is 25.3 Å². The van der Waals surface area contributed by atoms with Crippen molar-refractivity contribution in [1.82, 2.24) is 19.4 Å². The van der Waals surface area contributed by atoms with E-state index < -0.39 is 0 Å². The van der Waals surface area contributed by atoms with Gasteiger partial charge in [0.1, 0.15) is 11.9 Å². The van der Waals surface area contributed by atoms with Crippen molar-refractivity contribution < 1.29 is 19.0 Å². The van der Waals surface area contributed by atoms with Crippen molar-refractivity contribution in [3.05, 3.63) is 66.0 Å². The van der Waals surface area contributed by atoms with E-state index in [2.05, 4.69) is 77.9 Å². The molecular weight excluding hydrogens is 552 g/mol. The molecule has 0 spiro atoms. The van der Waals surface area contributed by atoms with Gasteiger partial charge in [-0.3, -0.25) is 0 Å². The SMILES string of the molecule is CCC[C@@H]1C[C@H](n2c(C)nc3ccccc32)CCN1CCC1(c2ccccc2)CCN(C(=O)O[C@H]2CO[C@H]3OCC[C@H]32)CC1. The number of carbonyl (C=O) groups is 1. The molecule has 4 aliphatic rings. The van der Waals surface area contributed by atoms with Crippen LogP contribution in [0.2, 0.25) is 0 Å². The van der Waals surface area contributed by atoms with Gasteiger partial charge in [0.25, 0.3) is 0 Å². The van der Waals surface area contributed by atoms with Gasteiger partial charge in [0.05, 0.1) is 30.2 Å². The molecule has 4 fully saturated rings. The Hall–Kier alpha value is -2.94. The molecule has 0 bridgehead atoms. The van der Waals surface area contributed by atoms with E-state index >= 15 is 0 Å². The highest BCUT2D eigenvalue weighted by molar-refractivity contribution is 5.76. The van der Waals surface area contributed by atoms with Gasteiger partial charge in [-0.05, 0) is 81.5 Å². The van der Waals surface area contributed by atoms with E-state index in [-0.39, 0.29) is 29.8 Å². The number of para-hydroxylation sites is 2. The zero-order chi connectivity index (χ0) is 30.1. The van der Waals surface area contributed by atoms with Crippen LogP contribution in [0.25, 0.3) is 11.0 Å². The van der Waals surface area contributed by atoms with E-state index in [1.807, 2.05) is 4.90 Å². The minimum absolute atomic E-state index is 0.0592. The number of aryl methyl sites for hydroxylation is 1. The molecule has 2 aromatic carbocycles. The summed E-state index contributed by atoms with van der Waals surface area (Å²) in [5, 5.41) is 0. The monoisotopic (exact) mass is 600 g/mol. The molecular formula is C36H48N4O4. The van der Waals surface area contributed by atoms with Crippen LogP contribution in [-0.4, -0.2) is 83.3 Å². The number of benzene rings is 2. The first-order valence-electron chi connectivity index (χ1n) is 17.0. The quantitative estimate of drug-likeness (QED) is 0.295. The first-order valence-corrected chi connectivity index (χ1v) is 17.0. The second kappa shape index (κ2) is 12.8. The summed E-state index contributed by atoms with van der Waals surface area (Å²) in [6, 6.07) is 20.7. The highest BCUT2D eigenvalue weighted by atomic mass is 16.7.